The molecule has 0 aliphatic heterocycles. The van der Waals surface area contributed by atoms with E-state index in [1.54, 1.807) is 25.1 Å². The molecule has 0 heterocycles. The predicted molar refractivity (Wildman–Crippen MR) is 102 cm³/mol. The minimum absolute atomic E-state index is 0.105. The van der Waals surface area contributed by atoms with E-state index in [0.29, 0.717) is 12.2 Å². The molecular formula is C20H19N3O3. The number of carbonyl (C=O) groups is 1. The average molecular weight is 349 g/mol. The Hall–Kier alpha value is -3.41. The number of nitro groups is 1. The standard InChI is InChI=1S/C20H19N3O3/c1-21-19-10-9-17(23(25)26)12-18(19)20(24)22(2)13-14-7-8-15-5-3-4-6-16(15)11-14/h3-12,21H,13H2,1-2H3. The maximum absolute atomic E-state index is 12.8. The number of nitrogens with zero attached hydrogens (tertiary/aromatic N) is 2. The first-order valence-corrected chi connectivity index (χ1v) is 8.19. The van der Waals surface area contributed by atoms with Crippen LogP contribution in [-0.4, -0.2) is 29.8 Å². The summed E-state index contributed by atoms with van der Waals surface area (Å²) < 4.78 is 0. The number of fused-ring (bicyclic) bond motifs is 1. The molecule has 0 radical (unpaired) electrons. The number of nitrogens with one attached hydrogen (secondary N) is 1. The lowest BCUT2D eigenvalue weighted by atomic mass is 10.1. The number of amides is 1. The molecule has 6 nitrogen and oxygen atoms in total. The molecule has 0 spiro atoms. The summed E-state index contributed by atoms with van der Waals surface area (Å²) in [6.45, 7) is 0.412. The van der Waals surface area contributed by atoms with Gasteiger partial charge in [0.05, 0.1) is 10.5 Å². The van der Waals surface area contributed by atoms with Crippen molar-refractivity contribution < 1.29 is 9.72 Å². The van der Waals surface area contributed by atoms with E-state index >= 15 is 0 Å². The Kier molecular flexibility index (Phi) is 4.84. The van der Waals surface area contributed by atoms with Crippen LogP contribution < -0.4 is 5.32 Å². The van der Waals surface area contributed by atoms with E-state index in [-0.39, 0.29) is 17.2 Å². The van der Waals surface area contributed by atoms with Crippen LogP contribution in [0.4, 0.5) is 11.4 Å². The Morgan fingerprint density at radius 2 is 1.81 bits per heavy atom. The van der Waals surface area contributed by atoms with Crippen LogP contribution in [-0.2, 0) is 6.54 Å². The average Bonchev–Trinajstić information content (AvgIpc) is 2.66. The molecule has 0 fully saturated rings. The van der Waals surface area contributed by atoms with E-state index in [2.05, 4.69) is 5.32 Å². The number of carbonyl (C=O) groups excluding carboxylic acids is 1. The summed E-state index contributed by atoms with van der Waals surface area (Å²) in [7, 11) is 3.37. The molecule has 0 aliphatic carbocycles. The lowest BCUT2D eigenvalue weighted by molar-refractivity contribution is -0.384. The minimum Gasteiger partial charge on any atom is -0.387 e. The summed E-state index contributed by atoms with van der Waals surface area (Å²) in [4.78, 5) is 24.9. The molecule has 0 saturated carbocycles. The summed E-state index contributed by atoms with van der Waals surface area (Å²) in [6, 6.07) is 18.3. The fraction of sp³-hybridized carbons (Fsp3) is 0.150. The zero-order valence-electron chi connectivity index (χ0n) is 14.6. The molecule has 26 heavy (non-hydrogen) atoms. The van der Waals surface area contributed by atoms with Gasteiger partial charge >= 0.3 is 0 Å². The Morgan fingerprint density at radius 3 is 2.50 bits per heavy atom. The van der Waals surface area contributed by atoms with Gasteiger partial charge < -0.3 is 10.2 Å². The SMILES string of the molecule is CNc1ccc([N+](=O)[O-])cc1C(=O)N(C)Cc1ccc2ccccc2c1. The van der Waals surface area contributed by atoms with Crippen LogP contribution in [0.5, 0.6) is 0 Å². The fourth-order valence-electron chi connectivity index (χ4n) is 2.93. The summed E-state index contributed by atoms with van der Waals surface area (Å²) >= 11 is 0. The van der Waals surface area contributed by atoms with E-state index in [0.717, 1.165) is 16.3 Å². The molecule has 6 heteroatoms. The Labute approximate surface area is 151 Å². The zero-order valence-corrected chi connectivity index (χ0v) is 14.6. The van der Waals surface area contributed by atoms with Gasteiger partial charge in [-0.15, -0.1) is 0 Å². The third kappa shape index (κ3) is 3.49. The van der Waals surface area contributed by atoms with E-state index in [4.69, 9.17) is 0 Å². The molecule has 0 bridgehead atoms. The van der Waals surface area contributed by atoms with Crippen molar-refractivity contribution in [1.29, 1.82) is 0 Å². The number of non-ortho nitro benzene ring substituents is 1. The first-order chi connectivity index (χ1) is 12.5. The van der Waals surface area contributed by atoms with Crippen molar-refractivity contribution in [2.24, 2.45) is 0 Å². The molecule has 3 aromatic rings. The summed E-state index contributed by atoms with van der Waals surface area (Å²) in [5.74, 6) is -0.272. The van der Waals surface area contributed by atoms with Gasteiger partial charge in [-0.25, -0.2) is 0 Å². The number of nitro benzene ring substituents is 1. The molecule has 0 aromatic heterocycles. The highest BCUT2D eigenvalue weighted by Crippen LogP contribution is 2.24. The van der Waals surface area contributed by atoms with Crippen molar-refractivity contribution >= 4 is 28.1 Å². The number of hydrogen-bond donors (Lipinski definition) is 1. The highest BCUT2D eigenvalue weighted by molar-refractivity contribution is 6.00. The summed E-state index contributed by atoms with van der Waals surface area (Å²) in [5, 5.41) is 16.2. The van der Waals surface area contributed by atoms with E-state index in [1.165, 1.54) is 12.1 Å². The second-order valence-electron chi connectivity index (χ2n) is 6.08. The number of benzene rings is 3. The van der Waals surface area contributed by atoms with E-state index in [1.807, 2.05) is 42.5 Å². The van der Waals surface area contributed by atoms with Gasteiger partial charge in [0.1, 0.15) is 0 Å². The number of hydrogen-bond acceptors (Lipinski definition) is 4. The highest BCUT2D eigenvalue weighted by atomic mass is 16.6. The van der Waals surface area contributed by atoms with E-state index < -0.39 is 4.92 Å². The zero-order chi connectivity index (χ0) is 18.7. The van der Waals surface area contributed by atoms with Gasteiger partial charge in [0, 0.05) is 38.5 Å². The van der Waals surface area contributed by atoms with Crippen LogP contribution in [0, 0.1) is 10.1 Å². The Morgan fingerprint density at radius 1 is 1.08 bits per heavy atom. The molecule has 1 amide bonds. The quantitative estimate of drug-likeness (QED) is 0.557. The van der Waals surface area contributed by atoms with Crippen molar-refractivity contribution in [3.8, 4) is 0 Å². The van der Waals surface area contributed by atoms with Gasteiger partial charge in [-0.1, -0.05) is 36.4 Å². The first-order valence-electron chi connectivity index (χ1n) is 8.19. The van der Waals surface area contributed by atoms with Crippen LogP contribution in [0.2, 0.25) is 0 Å². The summed E-state index contributed by atoms with van der Waals surface area (Å²) in [6.07, 6.45) is 0. The van der Waals surface area contributed by atoms with E-state index in [9.17, 15) is 14.9 Å². The number of anilines is 1. The van der Waals surface area contributed by atoms with Crippen molar-refractivity contribution in [3.63, 3.8) is 0 Å². The second kappa shape index (κ2) is 7.23. The van der Waals surface area contributed by atoms with Crippen molar-refractivity contribution in [2.75, 3.05) is 19.4 Å². The fourth-order valence-corrected chi connectivity index (χ4v) is 2.93. The molecule has 0 aliphatic rings. The second-order valence-corrected chi connectivity index (χ2v) is 6.08. The molecule has 3 rings (SSSR count). The lowest BCUT2D eigenvalue weighted by Gasteiger charge is -2.19. The largest absolute Gasteiger partial charge is 0.387 e. The topological polar surface area (TPSA) is 75.5 Å². The van der Waals surface area contributed by atoms with Gasteiger partial charge in [-0.05, 0) is 28.5 Å². The van der Waals surface area contributed by atoms with Crippen LogP contribution in [0.3, 0.4) is 0 Å². The molecular weight excluding hydrogens is 330 g/mol. The van der Waals surface area contributed by atoms with Gasteiger partial charge in [-0.2, -0.15) is 0 Å². The molecule has 1 N–H and O–H groups in total. The summed E-state index contributed by atoms with van der Waals surface area (Å²) in [5.41, 5.74) is 1.73. The number of rotatable bonds is 5. The van der Waals surface area contributed by atoms with Crippen LogP contribution in [0.25, 0.3) is 10.8 Å². The maximum Gasteiger partial charge on any atom is 0.270 e. The van der Waals surface area contributed by atoms with Gasteiger partial charge in [0.15, 0.2) is 0 Å². The minimum atomic E-state index is -0.500. The maximum atomic E-state index is 12.8. The lowest BCUT2D eigenvalue weighted by Crippen LogP contribution is -2.27. The predicted octanol–water partition coefficient (Wildman–Crippen LogP) is 4.06. The Balaban J connectivity index is 1.86. The van der Waals surface area contributed by atoms with Crippen molar-refractivity contribution in [3.05, 3.63) is 81.9 Å². The Bertz CT molecular complexity index is 985. The molecule has 0 atom stereocenters. The first kappa shape index (κ1) is 17.4. The smallest absolute Gasteiger partial charge is 0.270 e. The van der Waals surface area contributed by atoms with Crippen LogP contribution >= 0.6 is 0 Å². The van der Waals surface area contributed by atoms with Crippen molar-refractivity contribution in [1.82, 2.24) is 4.90 Å². The van der Waals surface area contributed by atoms with Crippen molar-refractivity contribution in [2.45, 2.75) is 6.54 Å². The van der Waals surface area contributed by atoms with Gasteiger partial charge in [-0.3, -0.25) is 14.9 Å². The third-order valence-electron chi connectivity index (χ3n) is 4.29. The normalized spacial score (nSPS) is 10.5. The van der Waals surface area contributed by atoms with Crippen LogP contribution in [0.1, 0.15) is 15.9 Å². The molecule has 0 saturated heterocycles. The van der Waals surface area contributed by atoms with Crippen LogP contribution in [0.15, 0.2) is 60.7 Å². The molecule has 132 valence electrons. The molecule has 0 unspecified atom stereocenters. The third-order valence-corrected chi connectivity index (χ3v) is 4.29. The monoisotopic (exact) mass is 349 g/mol. The highest BCUT2D eigenvalue weighted by Gasteiger charge is 2.19. The van der Waals surface area contributed by atoms with Gasteiger partial charge in [0.2, 0.25) is 0 Å². The molecule has 3 aromatic carbocycles. The van der Waals surface area contributed by atoms with Gasteiger partial charge in [0.25, 0.3) is 11.6 Å².